The molecule has 1 saturated carbocycles. The minimum Gasteiger partial charge on any atom is -0.506 e. The van der Waals surface area contributed by atoms with Crippen LogP contribution in [0, 0.1) is 47.3 Å². The van der Waals surface area contributed by atoms with E-state index in [1.54, 1.807) is 123 Å². The number of rotatable bonds is 24. The molecule has 11 aliphatic rings. The number of methoxy groups -OCH3 is 2. The number of ether oxygens (including phenoxy) is 5. The van der Waals surface area contributed by atoms with Crippen molar-refractivity contribution in [3.05, 3.63) is 253 Å². The Hall–Kier alpha value is -17.3. The Labute approximate surface area is 815 Å². The molecule has 8 aromatic carbocycles. The third-order valence-corrected chi connectivity index (χ3v) is 25.7. The van der Waals surface area contributed by atoms with Gasteiger partial charge in [0.25, 0.3) is 59.1 Å². The van der Waals surface area contributed by atoms with Crippen LogP contribution in [-0.4, -0.2) is 218 Å². The summed E-state index contributed by atoms with van der Waals surface area (Å²) in [5.41, 5.74) is 3.16. The molecule has 20 amide bonds. The number of aromatic nitrogens is 2. The SMILES string of the molecule is CC#CCOc1cc2c(cc1OC)C(=O)N(CC1(C)NC(=O)NC1=O)C2.CC#CCOc1ccc2c(c1)C(=O)N(C[C@@]1(c3ccc(-c4cnn(CC5CC5)c4)cc3)NC(=O)NC1=O)C2.COc1ccc2c(c1)C(=O)N(CC1(C)NC(=O)NC1=O)C2.O=C1NC(=O)[C@](CN2Cc3cc(O)c(Cl)cc3C2=O)(c2ccc(F)cc2)N1.O=C1NC(=O)[C@](CN2Cc3cc(OCC#CCO)ccc3C2=O)(c2ccccc2)N1. The van der Waals surface area contributed by atoms with E-state index in [1.165, 1.54) is 71.0 Å². The molecule has 2 unspecified atom stereocenters. The van der Waals surface area contributed by atoms with Crippen molar-refractivity contribution >= 4 is 101 Å². The first-order chi connectivity index (χ1) is 68.1. The molecule has 0 radical (unpaired) electrons. The Morgan fingerprint density at radius 3 is 1.30 bits per heavy atom. The largest absolute Gasteiger partial charge is 0.506 e. The second kappa shape index (κ2) is 40.4. The number of nitrogens with one attached hydrogen (secondary N) is 10. The zero-order valence-corrected chi connectivity index (χ0v) is 78.0. The monoisotopic (exact) mass is 1950 g/mol. The second-order valence-electron chi connectivity index (χ2n) is 35.1. The highest BCUT2D eigenvalue weighted by atomic mass is 35.5. The lowest BCUT2D eigenvalue weighted by Crippen LogP contribution is -2.52. The first-order valence-electron chi connectivity index (χ1n) is 44.6. The van der Waals surface area contributed by atoms with Crippen molar-refractivity contribution in [1.29, 1.82) is 0 Å². The van der Waals surface area contributed by atoms with Crippen LogP contribution in [-0.2, 0) is 79.9 Å². The van der Waals surface area contributed by atoms with Gasteiger partial charge in [0.05, 0.1) is 58.2 Å². The molecular weight excluding hydrogens is 1860 g/mol. The lowest BCUT2D eigenvalue weighted by atomic mass is 9.88. The number of amides is 20. The molecule has 142 heavy (non-hydrogen) atoms. The van der Waals surface area contributed by atoms with Crippen LogP contribution in [0.25, 0.3) is 11.1 Å². The molecule has 12 N–H and O–H groups in total. The van der Waals surface area contributed by atoms with Crippen LogP contribution in [0.5, 0.6) is 34.5 Å². The van der Waals surface area contributed by atoms with Gasteiger partial charge in [0.2, 0.25) is 0 Å². The molecule has 10 aliphatic heterocycles. The van der Waals surface area contributed by atoms with Gasteiger partial charge in [0, 0.05) is 78.8 Å². The van der Waals surface area contributed by atoms with Crippen LogP contribution >= 0.6 is 11.6 Å². The molecule has 5 saturated heterocycles. The molecule has 5 atom stereocenters. The maximum atomic E-state index is 13.3. The second-order valence-corrected chi connectivity index (χ2v) is 35.5. The van der Waals surface area contributed by atoms with Crippen molar-refractivity contribution < 1.29 is 110 Å². The third-order valence-electron chi connectivity index (χ3n) is 25.4. The number of imide groups is 5. The molecule has 6 fully saturated rings. The molecular formula is C101H93ClFN17O22. The molecule has 20 rings (SSSR count). The highest BCUT2D eigenvalue weighted by molar-refractivity contribution is 6.32. The molecule has 0 spiro atoms. The molecule has 11 heterocycles. The zero-order valence-electron chi connectivity index (χ0n) is 77.2. The van der Waals surface area contributed by atoms with Gasteiger partial charge in [-0.3, -0.25) is 79.2 Å². The summed E-state index contributed by atoms with van der Waals surface area (Å²) in [5.74, 6) is 15.4. The Kier molecular flexibility index (Phi) is 27.8. The van der Waals surface area contributed by atoms with Gasteiger partial charge in [-0.25, -0.2) is 28.4 Å². The lowest BCUT2D eigenvalue weighted by Gasteiger charge is -2.31. The van der Waals surface area contributed by atoms with Crippen molar-refractivity contribution in [3.8, 4) is 81.1 Å². The smallest absolute Gasteiger partial charge is 0.322 e. The average molecular weight is 1950 g/mol. The number of aliphatic hydroxyl groups excluding tert-OH is 1. The van der Waals surface area contributed by atoms with Crippen molar-refractivity contribution in [1.82, 2.24) is 87.4 Å². The van der Waals surface area contributed by atoms with E-state index in [9.17, 15) is 81.4 Å². The van der Waals surface area contributed by atoms with Crippen LogP contribution in [0.4, 0.5) is 28.4 Å². The standard InChI is InChI=1S/C29H27N5O4.C22H19N3O5.C18H13ClFN3O4.C18H19N3O5.C14H15N3O4/c1-2-3-12-38-24-11-8-21-16-33(26(35)25(21)13-24)18-29(27(36)31-28(37)32-29)23-9-6-20(7-10-23)22-14-30-34(17-22)15-19-4-5-19;26-10-4-5-11-30-17-8-9-18-15(12-17)13-25(19(18)27)14-22(16-6-2-1-3-7-16)20(28)23-21(29)24-22;19-13-6-12-9(5-14(13)24)7-23(15(12)25)8-18(16(26)21-17(27)22-18)10-1-3-11(20)4-2-10;1-4-5-6-26-14-7-11-9-21(15(22)12(11)8-13(14)25-3)10-18(2)16(23)19-17(24)20-18;1-14(12(19)15-13(20)16-14)7-17-6-8-3-4-9(21-2)5-10(8)11(17)18/h6-11,13-14,17,19H,4-5,12,15-16,18H2,1H3,(H2,31,32,36,37);1-3,6-9,12,26H,10-11,13-14H2,(H2,23,24,28,29);1-6,24H,7-8H2,(H2,21,22,26,27);7-8H,6,9-10H2,1-3H3,(H2,19,20,23,24);3-5H,6-7H2,1-2H3,(H2,15,16,19,20)/t29-;22-;18-;;/m000../s1. The highest BCUT2D eigenvalue weighted by Crippen LogP contribution is 2.42. The van der Waals surface area contributed by atoms with Crippen LogP contribution in [0.2, 0.25) is 5.02 Å². The summed E-state index contributed by atoms with van der Waals surface area (Å²) in [6.45, 7) is 9.41. The number of halogens is 2. The number of aliphatic hydroxyl groups is 1. The van der Waals surface area contributed by atoms with E-state index in [2.05, 4.69) is 93.8 Å². The van der Waals surface area contributed by atoms with Gasteiger partial charge in [-0.05, 0) is 175 Å². The number of nitrogens with zero attached hydrogens (tertiary/aromatic N) is 7. The maximum absolute atomic E-state index is 13.3. The number of hydrogen-bond acceptors (Lipinski definition) is 23. The first-order valence-corrected chi connectivity index (χ1v) is 45.0. The summed E-state index contributed by atoms with van der Waals surface area (Å²) in [6, 6.07) is 40.4. The van der Waals surface area contributed by atoms with Gasteiger partial charge in [-0.15, -0.1) is 11.8 Å². The summed E-state index contributed by atoms with van der Waals surface area (Å²) in [5, 5.41) is 47.3. The predicted molar refractivity (Wildman–Crippen MR) is 502 cm³/mol. The maximum Gasteiger partial charge on any atom is 0.322 e. The van der Waals surface area contributed by atoms with E-state index in [4.69, 9.17) is 40.4 Å². The van der Waals surface area contributed by atoms with Crippen LogP contribution in [0.15, 0.2) is 170 Å². The number of urea groups is 5. The molecule has 728 valence electrons. The molecule has 0 bridgehead atoms. The van der Waals surface area contributed by atoms with Gasteiger partial charge in [0.1, 0.15) is 66.3 Å². The van der Waals surface area contributed by atoms with E-state index in [-0.39, 0.29) is 113 Å². The fourth-order valence-corrected chi connectivity index (χ4v) is 18.1. The highest BCUT2D eigenvalue weighted by Gasteiger charge is 2.55. The average Bonchev–Trinajstić information content (AvgIpc) is 1.60. The van der Waals surface area contributed by atoms with Gasteiger partial charge in [0.15, 0.2) is 28.1 Å². The van der Waals surface area contributed by atoms with E-state index in [0.717, 1.165) is 45.8 Å². The predicted octanol–water partition coefficient (Wildman–Crippen LogP) is 6.58. The first kappa shape index (κ1) is 97.8. The van der Waals surface area contributed by atoms with E-state index < -0.39 is 93.2 Å². The number of carbonyl (C=O) groups is 15. The Morgan fingerprint density at radius 1 is 0.415 bits per heavy atom. The van der Waals surface area contributed by atoms with Gasteiger partial charge < -0.3 is 85.0 Å². The molecule has 39 nitrogen and oxygen atoms in total. The number of hydrogen-bond donors (Lipinski definition) is 12. The molecule has 1 aliphatic carbocycles. The molecule has 1 aromatic heterocycles. The summed E-state index contributed by atoms with van der Waals surface area (Å²) in [4.78, 5) is 193. The van der Waals surface area contributed by atoms with Crippen molar-refractivity contribution in [2.24, 2.45) is 5.92 Å². The number of aromatic hydroxyl groups is 1. The van der Waals surface area contributed by atoms with E-state index in [1.807, 2.05) is 59.5 Å². The number of phenols is 1. The molecule has 9 aromatic rings. The Morgan fingerprint density at radius 2 is 0.831 bits per heavy atom. The zero-order chi connectivity index (χ0) is 101. The van der Waals surface area contributed by atoms with E-state index in [0.29, 0.717) is 98.5 Å². The summed E-state index contributed by atoms with van der Waals surface area (Å²) < 4.78 is 42.4. The van der Waals surface area contributed by atoms with Crippen LogP contribution < -0.4 is 76.9 Å². The van der Waals surface area contributed by atoms with Crippen molar-refractivity contribution in [3.63, 3.8) is 0 Å². The molecule has 41 heteroatoms. The lowest BCUT2D eigenvalue weighted by molar-refractivity contribution is -0.125. The van der Waals surface area contributed by atoms with Gasteiger partial charge >= 0.3 is 30.2 Å². The minimum atomic E-state index is -1.55. The fourth-order valence-electron chi connectivity index (χ4n) is 17.9. The van der Waals surface area contributed by atoms with Crippen molar-refractivity contribution in [2.45, 2.75) is 107 Å². The normalized spacial score (nSPS) is 20.9. The summed E-state index contributed by atoms with van der Waals surface area (Å²) in [6.07, 6.45) is 6.38. The number of fused-ring (bicyclic) bond motifs is 5. The summed E-state index contributed by atoms with van der Waals surface area (Å²) in [7, 11) is 3.04. The van der Waals surface area contributed by atoms with Crippen LogP contribution in [0.3, 0.4) is 0 Å². The quantitative estimate of drug-likeness (QED) is 0.0224. The topological polar surface area (TPSA) is 497 Å². The Bertz CT molecular complexity index is 6950. The number of carbonyl (C=O) groups excluding carboxylic acids is 15. The van der Waals surface area contributed by atoms with Gasteiger partial charge in [-0.1, -0.05) is 114 Å². The number of benzene rings is 8. The Balaban J connectivity index is 0.000000129. The van der Waals surface area contributed by atoms with Crippen LogP contribution in [0.1, 0.15) is 137 Å². The fraction of sp³-hybridized carbons (Fsp3) is 0.287. The van der Waals surface area contributed by atoms with E-state index >= 15 is 0 Å². The van der Waals surface area contributed by atoms with Gasteiger partial charge in [-0.2, -0.15) is 5.10 Å². The third kappa shape index (κ3) is 20.2. The van der Waals surface area contributed by atoms with Crippen molar-refractivity contribution in [2.75, 3.05) is 73.4 Å². The minimum absolute atomic E-state index is 0.000264. The summed E-state index contributed by atoms with van der Waals surface area (Å²) >= 11 is 5.88. The number of phenolic OH excluding ortho intramolecular Hbond substituents is 1.